The number of hydrogen-bond acceptors (Lipinski definition) is 2. The molecule has 1 saturated heterocycles. The quantitative estimate of drug-likeness (QED) is 0.838. The van der Waals surface area contributed by atoms with Crippen molar-refractivity contribution >= 4 is 11.6 Å². The number of nitrogens with two attached hydrogens (primary N) is 1. The summed E-state index contributed by atoms with van der Waals surface area (Å²) >= 11 is 0. The molecule has 1 aliphatic carbocycles. The molecule has 0 bridgehead atoms. The number of amides is 1. The van der Waals surface area contributed by atoms with Gasteiger partial charge in [0.25, 0.3) is 5.91 Å². The first-order valence-corrected chi connectivity index (χ1v) is 7.92. The maximum Gasteiger partial charge on any atom is 0.254 e. The van der Waals surface area contributed by atoms with Crippen molar-refractivity contribution in [1.29, 1.82) is 0 Å². The second kappa shape index (κ2) is 5.86. The summed E-state index contributed by atoms with van der Waals surface area (Å²) in [5.74, 6) is 0.890. The van der Waals surface area contributed by atoms with Gasteiger partial charge in [-0.15, -0.1) is 0 Å². The first-order chi connectivity index (χ1) is 9.75. The van der Waals surface area contributed by atoms with Crippen LogP contribution in [-0.4, -0.2) is 23.4 Å². The van der Waals surface area contributed by atoms with Crippen molar-refractivity contribution < 1.29 is 4.79 Å². The molecule has 0 radical (unpaired) electrons. The highest BCUT2D eigenvalue weighted by atomic mass is 16.2. The van der Waals surface area contributed by atoms with E-state index in [1.54, 1.807) is 6.07 Å². The van der Waals surface area contributed by atoms with Gasteiger partial charge in [0, 0.05) is 23.8 Å². The predicted molar refractivity (Wildman–Crippen MR) is 81.5 cm³/mol. The first kappa shape index (κ1) is 13.5. The van der Waals surface area contributed by atoms with Crippen LogP contribution in [0, 0.1) is 5.92 Å². The molecule has 0 aromatic heterocycles. The number of hydrogen-bond donors (Lipinski definition) is 1. The van der Waals surface area contributed by atoms with Gasteiger partial charge in [0.15, 0.2) is 0 Å². The molecule has 2 fully saturated rings. The minimum absolute atomic E-state index is 0.172. The van der Waals surface area contributed by atoms with E-state index in [1.807, 2.05) is 18.2 Å². The van der Waals surface area contributed by atoms with Gasteiger partial charge in [-0.1, -0.05) is 25.3 Å². The number of carbonyl (C=O) groups is 1. The smallest absolute Gasteiger partial charge is 0.254 e. The lowest BCUT2D eigenvalue weighted by Crippen LogP contribution is -2.40. The van der Waals surface area contributed by atoms with E-state index in [4.69, 9.17) is 5.73 Å². The Labute approximate surface area is 121 Å². The third-order valence-corrected chi connectivity index (χ3v) is 4.89. The van der Waals surface area contributed by atoms with E-state index in [0.717, 1.165) is 24.4 Å². The molecule has 1 unspecified atom stereocenters. The molecule has 1 saturated carbocycles. The predicted octanol–water partition coefficient (Wildman–Crippen LogP) is 3.45. The molecule has 1 aromatic carbocycles. The standard InChI is InChI=1S/C17H24N2O/c18-15-9-4-8-14(12-15)17(20)19-11-5-10-16(19)13-6-2-1-3-7-13/h4,8-9,12-13,16H,1-3,5-7,10-11,18H2. The van der Waals surface area contributed by atoms with Crippen molar-refractivity contribution in [2.45, 2.75) is 51.0 Å². The van der Waals surface area contributed by atoms with Crippen LogP contribution in [0.3, 0.4) is 0 Å². The van der Waals surface area contributed by atoms with Gasteiger partial charge in [0.2, 0.25) is 0 Å². The Kier molecular flexibility index (Phi) is 3.95. The summed E-state index contributed by atoms with van der Waals surface area (Å²) in [6.07, 6.45) is 8.96. The van der Waals surface area contributed by atoms with E-state index in [9.17, 15) is 4.79 Å². The van der Waals surface area contributed by atoms with Gasteiger partial charge in [0.1, 0.15) is 0 Å². The number of carbonyl (C=O) groups excluding carboxylic acids is 1. The molecule has 3 nitrogen and oxygen atoms in total. The van der Waals surface area contributed by atoms with Crippen molar-refractivity contribution in [2.75, 3.05) is 12.3 Å². The van der Waals surface area contributed by atoms with E-state index in [2.05, 4.69) is 4.90 Å². The molecule has 1 aromatic rings. The van der Waals surface area contributed by atoms with Crippen LogP contribution in [0.25, 0.3) is 0 Å². The van der Waals surface area contributed by atoms with Gasteiger partial charge in [-0.2, -0.15) is 0 Å². The van der Waals surface area contributed by atoms with Gasteiger partial charge in [-0.05, 0) is 49.8 Å². The van der Waals surface area contributed by atoms with Crippen molar-refractivity contribution in [3.8, 4) is 0 Å². The average Bonchev–Trinajstić information content (AvgIpc) is 2.97. The van der Waals surface area contributed by atoms with Crippen molar-refractivity contribution in [3.63, 3.8) is 0 Å². The van der Waals surface area contributed by atoms with Crippen LogP contribution in [-0.2, 0) is 0 Å². The average molecular weight is 272 g/mol. The van der Waals surface area contributed by atoms with E-state index >= 15 is 0 Å². The van der Waals surface area contributed by atoms with Crippen LogP contribution in [0.4, 0.5) is 5.69 Å². The Hall–Kier alpha value is -1.51. The molecule has 2 N–H and O–H groups in total. The highest BCUT2D eigenvalue weighted by Crippen LogP contribution is 2.35. The van der Waals surface area contributed by atoms with Gasteiger partial charge in [0.05, 0.1) is 0 Å². The summed E-state index contributed by atoms with van der Waals surface area (Å²) < 4.78 is 0. The molecule has 108 valence electrons. The summed E-state index contributed by atoms with van der Waals surface area (Å²) in [7, 11) is 0. The van der Waals surface area contributed by atoms with Crippen LogP contribution >= 0.6 is 0 Å². The summed E-state index contributed by atoms with van der Waals surface area (Å²) in [5, 5.41) is 0. The second-order valence-corrected chi connectivity index (χ2v) is 6.23. The highest BCUT2D eigenvalue weighted by molar-refractivity contribution is 5.95. The Morgan fingerprint density at radius 2 is 1.90 bits per heavy atom. The Bertz CT molecular complexity index is 480. The topological polar surface area (TPSA) is 46.3 Å². The SMILES string of the molecule is Nc1cccc(C(=O)N2CCCC2C2CCCCC2)c1. The van der Waals surface area contributed by atoms with Crippen LogP contribution in [0.2, 0.25) is 0 Å². The molecule has 2 aliphatic rings. The summed E-state index contributed by atoms with van der Waals surface area (Å²) in [5.41, 5.74) is 7.22. The maximum absolute atomic E-state index is 12.7. The molecule has 1 heterocycles. The lowest BCUT2D eigenvalue weighted by Gasteiger charge is -2.34. The number of nitrogens with zero attached hydrogens (tertiary/aromatic N) is 1. The molecule has 3 heteroatoms. The largest absolute Gasteiger partial charge is 0.399 e. The zero-order valence-electron chi connectivity index (χ0n) is 12.1. The Morgan fingerprint density at radius 3 is 2.65 bits per heavy atom. The first-order valence-electron chi connectivity index (χ1n) is 7.92. The van der Waals surface area contributed by atoms with Crippen LogP contribution in [0.5, 0.6) is 0 Å². The normalized spacial score (nSPS) is 24.0. The number of nitrogen functional groups attached to an aromatic ring is 1. The molecule has 1 atom stereocenters. The van der Waals surface area contributed by atoms with Crippen LogP contribution in [0.1, 0.15) is 55.3 Å². The third-order valence-electron chi connectivity index (χ3n) is 4.89. The monoisotopic (exact) mass is 272 g/mol. The van der Waals surface area contributed by atoms with Crippen LogP contribution < -0.4 is 5.73 Å². The fourth-order valence-electron chi connectivity index (χ4n) is 3.89. The number of anilines is 1. The van der Waals surface area contributed by atoms with Crippen molar-refractivity contribution in [1.82, 2.24) is 4.90 Å². The molecule has 1 amide bonds. The second-order valence-electron chi connectivity index (χ2n) is 6.23. The molecule has 20 heavy (non-hydrogen) atoms. The van der Waals surface area contributed by atoms with Gasteiger partial charge < -0.3 is 10.6 Å². The molecular weight excluding hydrogens is 248 g/mol. The van der Waals surface area contributed by atoms with E-state index in [-0.39, 0.29) is 5.91 Å². The van der Waals surface area contributed by atoms with E-state index < -0.39 is 0 Å². The summed E-state index contributed by atoms with van der Waals surface area (Å²) in [6, 6.07) is 7.85. The molecule has 3 rings (SSSR count). The summed E-state index contributed by atoms with van der Waals surface area (Å²) in [4.78, 5) is 14.8. The van der Waals surface area contributed by atoms with Crippen molar-refractivity contribution in [3.05, 3.63) is 29.8 Å². The fraction of sp³-hybridized carbons (Fsp3) is 0.588. The minimum atomic E-state index is 0.172. The van der Waals surface area contributed by atoms with E-state index in [1.165, 1.54) is 38.5 Å². The maximum atomic E-state index is 12.7. The number of likely N-dealkylation sites (tertiary alicyclic amines) is 1. The van der Waals surface area contributed by atoms with Gasteiger partial charge >= 0.3 is 0 Å². The number of benzene rings is 1. The van der Waals surface area contributed by atoms with Crippen molar-refractivity contribution in [2.24, 2.45) is 5.92 Å². The zero-order chi connectivity index (χ0) is 13.9. The molecule has 0 spiro atoms. The number of rotatable bonds is 2. The van der Waals surface area contributed by atoms with Gasteiger partial charge in [-0.25, -0.2) is 0 Å². The van der Waals surface area contributed by atoms with Crippen LogP contribution in [0.15, 0.2) is 24.3 Å². The Balaban J connectivity index is 1.76. The lowest BCUT2D eigenvalue weighted by atomic mass is 9.83. The molecule has 1 aliphatic heterocycles. The highest BCUT2D eigenvalue weighted by Gasteiger charge is 2.35. The van der Waals surface area contributed by atoms with E-state index in [0.29, 0.717) is 11.7 Å². The summed E-state index contributed by atoms with van der Waals surface area (Å²) in [6.45, 7) is 0.912. The van der Waals surface area contributed by atoms with Gasteiger partial charge in [-0.3, -0.25) is 4.79 Å². The molecular formula is C17H24N2O. The lowest BCUT2D eigenvalue weighted by molar-refractivity contribution is 0.0661. The minimum Gasteiger partial charge on any atom is -0.399 e. The fourth-order valence-corrected chi connectivity index (χ4v) is 3.89. The Morgan fingerprint density at radius 1 is 1.10 bits per heavy atom. The third kappa shape index (κ3) is 2.67. The zero-order valence-corrected chi connectivity index (χ0v) is 12.1.